The SMILES string of the molecule is OP(O)(=S)S.[Zn].[Zn]. The summed E-state index contributed by atoms with van der Waals surface area (Å²) in [6, 6.07) is 0. The van der Waals surface area contributed by atoms with Crippen LogP contribution in [-0.2, 0) is 50.8 Å². The molecule has 0 saturated carbocycles. The van der Waals surface area contributed by atoms with Gasteiger partial charge in [0.05, 0.1) is 0 Å². The van der Waals surface area contributed by atoms with Crippen LogP contribution in [0.25, 0.3) is 0 Å². The molecule has 0 saturated heterocycles. The number of hydrogen-bond donors (Lipinski definition) is 3. The molecule has 36 valence electrons. The molecule has 7 heavy (non-hydrogen) atoms. The van der Waals surface area contributed by atoms with E-state index >= 15 is 0 Å². The van der Waals surface area contributed by atoms with Crippen molar-refractivity contribution in [2.75, 3.05) is 0 Å². The summed E-state index contributed by atoms with van der Waals surface area (Å²) in [5.74, 6) is 0. The maximum absolute atomic E-state index is 7.87. The summed E-state index contributed by atoms with van der Waals surface area (Å²) in [5.41, 5.74) is -3.11. The molecule has 0 aromatic carbocycles. The topological polar surface area (TPSA) is 40.5 Å². The molecular formula is H3O2PS2Zn2. The van der Waals surface area contributed by atoms with Crippen LogP contribution < -0.4 is 0 Å². The Labute approximate surface area is 77.9 Å². The zero-order valence-corrected chi connectivity index (χ0v) is 12.2. The van der Waals surface area contributed by atoms with Gasteiger partial charge in [0.1, 0.15) is 0 Å². The standard InChI is InChI=1S/H3O2PS2.2Zn/c1-3(2,4)5;;/h(H3,1,2,4,5);;. The first kappa shape index (κ1) is 16.1. The van der Waals surface area contributed by atoms with Gasteiger partial charge in [-0.1, -0.05) is 12.2 Å². The number of rotatable bonds is 0. The molecule has 0 aliphatic rings. The third kappa shape index (κ3) is 66.2. The molecule has 2 N–H and O–H groups in total. The third-order valence-electron chi connectivity index (χ3n) is 0. The summed E-state index contributed by atoms with van der Waals surface area (Å²) >= 11 is 7.07. The van der Waals surface area contributed by atoms with Crippen molar-refractivity contribution in [3.63, 3.8) is 0 Å². The molecule has 0 unspecified atom stereocenters. The van der Waals surface area contributed by atoms with E-state index in [4.69, 9.17) is 9.79 Å². The van der Waals surface area contributed by atoms with Crippen LogP contribution >= 0.6 is 17.9 Å². The van der Waals surface area contributed by atoms with E-state index in [1.165, 1.54) is 0 Å². The van der Waals surface area contributed by atoms with E-state index < -0.39 is 5.69 Å². The second kappa shape index (κ2) is 6.29. The van der Waals surface area contributed by atoms with Crippen molar-refractivity contribution in [1.82, 2.24) is 0 Å². The van der Waals surface area contributed by atoms with Crippen molar-refractivity contribution in [2.45, 2.75) is 0 Å². The van der Waals surface area contributed by atoms with E-state index in [1.54, 1.807) is 0 Å². The van der Waals surface area contributed by atoms with Gasteiger partial charge in [0.15, 0.2) is 0 Å². The van der Waals surface area contributed by atoms with Gasteiger partial charge in [0.25, 0.3) is 0 Å². The van der Waals surface area contributed by atoms with Gasteiger partial charge in [0, 0.05) is 39.0 Å². The minimum Gasteiger partial charge on any atom is -0.338 e. The Balaban J connectivity index is -0.0000000800. The maximum Gasteiger partial charge on any atom is 0.239 e. The monoisotopic (exact) mass is 258 g/mol. The Bertz CT molecular complexity index is 59.8. The first-order valence-corrected chi connectivity index (χ1v) is 4.64. The van der Waals surface area contributed by atoms with Gasteiger partial charge in [-0.05, 0) is 11.8 Å². The Morgan fingerprint density at radius 1 is 1.29 bits per heavy atom. The van der Waals surface area contributed by atoms with Crippen molar-refractivity contribution in [2.24, 2.45) is 0 Å². The molecule has 0 aromatic rings. The van der Waals surface area contributed by atoms with E-state index in [0.29, 0.717) is 0 Å². The van der Waals surface area contributed by atoms with Crippen LogP contribution in [0.5, 0.6) is 0 Å². The number of thiol groups is 1. The van der Waals surface area contributed by atoms with Gasteiger partial charge >= 0.3 is 0 Å². The third-order valence-corrected chi connectivity index (χ3v) is 0. The first-order valence-electron chi connectivity index (χ1n) is 0.783. The molecule has 0 fully saturated rings. The fourth-order valence-corrected chi connectivity index (χ4v) is 0. The van der Waals surface area contributed by atoms with Crippen LogP contribution in [0.15, 0.2) is 0 Å². The van der Waals surface area contributed by atoms with E-state index in [1.807, 2.05) is 0 Å². The summed E-state index contributed by atoms with van der Waals surface area (Å²) in [6.07, 6.45) is 0. The zero-order valence-electron chi connectivity index (χ0n) is 3.61. The molecule has 0 spiro atoms. The summed E-state index contributed by atoms with van der Waals surface area (Å²) in [5, 5.41) is 0. The molecule has 0 rings (SSSR count). The summed E-state index contributed by atoms with van der Waals surface area (Å²) in [6.45, 7) is 0. The Hall–Kier alpha value is 2.17. The molecule has 0 bridgehead atoms. The molecule has 0 aliphatic heterocycles. The largest absolute Gasteiger partial charge is 0.338 e. The van der Waals surface area contributed by atoms with E-state index in [0.717, 1.165) is 0 Å². The van der Waals surface area contributed by atoms with Crippen molar-refractivity contribution in [3.8, 4) is 0 Å². The molecule has 0 atom stereocenters. The fourth-order valence-electron chi connectivity index (χ4n) is 0. The van der Waals surface area contributed by atoms with Crippen LogP contribution in [0.2, 0.25) is 0 Å². The van der Waals surface area contributed by atoms with Crippen molar-refractivity contribution in [1.29, 1.82) is 0 Å². The summed E-state index contributed by atoms with van der Waals surface area (Å²) in [4.78, 5) is 15.7. The van der Waals surface area contributed by atoms with Crippen molar-refractivity contribution < 1.29 is 48.7 Å². The van der Waals surface area contributed by atoms with Gasteiger partial charge in [-0.15, -0.1) is 0 Å². The van der Waals surface area contributed by atoms with Crippen LogP contribution in [-0.4, -0.2) is 9.79 Å². The van der Waals surface area contributed by atoms with Gasteiger partial charge in [-0.3, -0.25) is 0 Å². The van der Waals surface area contributed by atoms with Crippen LogP contribution in [0.4, 0.5) is 0 Å². The average Bonchev–Trinajstić information content (AvgIpc) is 0.722. The van der Waals surface area contributed by atoms with Crippen molar-refractivity contribution >= 4 is 29.7 Å². The smallest absolute Gasteiger partial charge is 0.239 e. The second-order valence-electron chi connectivity index (χ2n) is 0.513. The average molecular weight is 261 g/mol. The second-order valence-corrected chi connectivity index (χ2v) is 5.55. The van der Waals surface area contributed by atoms with Crippen LogP contribution in [0.3, 0.4) is 0 Å². The van der Waals surface area contributed by atoms with E-state index in [2.05, 4.69) is 24.1 Å². The summed E-state index contributed by atoms with van der Waals surface area (Å²) in [7, 11) is 0. The normalized spacial score (nSPS) is 8.43. The van der Waals surface area contributed by atoms with Gasteiger partial charge in [-0.25, -0.2) is 0 Å². The predicted octanol–water partition coefficient (Wildman–Crippen LogP) is 0.120. The molecule has 0 aliphatic carbocycles. The Kier molecular flexibility index (Phi) is 14.4. The molecule has 7 heteroatoms. The van der Waals surface area contributed by atoms with E-state index in [9.17, 15) is 0 Å². The minimum atomic E-state index is -3.11. The Morgan fingerprint density at radius 3 is 1.29 bits per heavy atom. The van der Waals surface area contributed by atoms with Gasteiger partial charge in [-0.2, -0.15) is 0 Å². The molecule has 2 nitrogen and oxygen atoms in total. The molecule has 0 radical (unpaired) electrons. The quantitative estimate of drug-likeness (QED) is 0.329. The van der Waals surface area contributed by atoms with E-state index in [-0.39, 0.29) is 39.0 Å². The molecule has 0 amide bonds. The van der Waals surface area contributed by atoms with Crippen molar-refractivity contribution in [3.05, 3.63) is 0 Å². The van der Waals surface area contributed by atoms with Gasteiger partial charge in [0.2, 0.25) is 5.69 Å². The predicted molar refractivity (Wildman–Crippen MR) is 27.7 cm³/mol. The Morgan fingerprint density at radius 2 is 1.29 bits per heavy atom. The van der Waals surface area contributed by atoms with Crippen LogP contribution in [0, 0.1) is 0 Å². The molecule has 0 heterocycles. The zero-order chi connectivity index (χ0) is 4.50. The fraction of sp³-hybridized carbons (Fsp3) is 0. The van der Waals surface area contributed by atoms with Gasteiger partial charge < -0.3 is 9.79 Å². The number of hydrogen-bond acceptors (Lipinski definition) is 1. The maximum atomic E-state index is 7.87. The summed E-state index contributed by atoms with van der Waals surface area (Å²) < 4.78 is 0. The molecule has 0 aromatic heterocycles. The first-order chi connectivity index (χ1) is 2.00. The van der Waals surface area contributed by atoms with Crippen LogP contribution in [0.1, 0.15) is 0 Å². The molecular weight excluding hydrogens is 258 g/mol. The minimum absolute atomic E-state index is 0.